The van der Waals surface area contributed by atoms with Gasteiger partial charge in [0.1, 0.15) is 5.82 Å². The average molecular weight is 362 g/mol. The van der Waals surface area contributed by atoms with E-state index in [0.717, 1.165) is 36.3 Å². The van der Waals surface area contributed by atoms with Gasteiger partial charge < -0.3 is 14.6 Å². The van der Waals surface area contributed by atoms with Crippen LogP contribution in [0.15, 0.2) is 54.7 Å². The number of pyridine rings is 1. The molecule has 138 valence electrons. The second-order valence-corrected chi connectivity index (χ2v) is 6.81. The number of fused-ring (bicyclic) bond motifs is 1. The van der Waals surface area contributed by atoms with E-state index in [2.05, 4.69) is 10.3 Å². The highest BCUT2D eigenvalue weighted by Crippen LogP contribution is 2.32. The van der Waals surface area contributed by atoms with Gasteiger partial charge in [0.2, 0.25) is 5.91 Å². The van der Waals surface area contributed by atoms with Crippen LogP contribution in [0.1, 0.15) is 47.7 Å². The lowest BCUT2D eigenvalue weighted by molar-refractivity contribution is -0.129. The number of aromatic nitrogens is 2. The zero-order chi connectivity index (χ0) is 18.8. The SMILES string of the molecule is CC(=O)N1CCC[C@@H]1c1nc(C(=O)NCc2ccccc2)c2ccccn12. The number of hydrogen-bond acceptors (Lipinski definition) is 3. The number of nitrogens with zero attached hydrogens (tertiary/aromatic N) is 3. The molecule has 4 rings (SSSR count). The van der Waals surface area contributed by atoms with Gasteiger partial charge in [0.25, 0.3) is 5.91 Å². The predicted molar refractivity (Wildman–Crippen MR) is 102 cm³/mol. The third kappa shape index (κ3) is 3.30. The summed E-state index contributed by atoms with van der Waals surface area (Å²) in [5.41, 5.74) is 2.19. The third-order valence-corrected chi connectivity index (χ3v) is 5.04. The van der Waals surface area contributed by atoms with Gasteiger partial charge in [-0.05, 0) is 30.5 Å². The van der Waals surface area contributed by atoms with Gasteiger partial charge in [0, 0.05) is 26.2 Å². The van der Waals surface area contributed by atoms with Crippen molar-refractivity contribution in [1.29, 1.82) is 0 Å². The number of benzene rings is 1. The van der Waals surface area contributed by atoms with Crippen molar-refractivity contribution in [2.45, 2.75) is 32.4 Å². The Bertz CT molecular complexity index is 980. The normalized spacial score (nSPS) is 16.6. The van der Waals surface area contributed by atoms with E-state index in [1.807, 2.05) is 64.0 Å². The van der Waals surface area contributed by atoms with Gasteiger partial charge in [-0.2, -0.15) is 0 Å². The molecule has 6 nitrogen and oxygen atoms in total. The van der Waals surface area contributed by atoms with Crippen molar-refractivity contribution < 1.29 is 9.59 Å². The molecule has 27 heavy (non-hydrogen) atoms. The standard InChI is InChI=1S/C21H22N4O2/c1-15(26)24-13-7-11-18(24)20-23-19(17-10-5-6-12-25(17)20)21(27)22-14-16-8-3-2-4-9-16/h2-6,8-10,12,18H,7,11,13-14H2,1H3,(H,22,27)/t18-/m1/s1. The van der Waals surface area contributed by atoms with Crippen LogP contribution in [0.5, 0.6) is 0 Å². The Morgan fingerprint density at radius 1 is 1.15 bits per heavy atom. The predicted octanol–water partition coefficient (Wildman–Crippen LogP) is 2.95. The Hall–Kier alpha value is -3.15. The molecule has 0 bridgehead atoms. The molecule has 3 heterocycles. The van der Waals surface area contributed by atoms with E-state index < -0.39 is 0 Å². The number of carbonyl (C=O) groups excluding carboxylic acids is 2. The number of likely N-dealkylation sites (tertiary alicyclic amines) is 1. The van der Waals surface area contributed by atoms with Gasteiger partial charge in [0.15, 0.2) is 5.69 Å². The lowest BCUT2D eigenvalue weighted by Gasteiger charge is -2.22. The Balaban J connectivity index is 1.65. The molecule has 1 fully saturated rings. The summed E-state index contributed by atoms with van der Waals surface area (Å²) in [6, 6.07) is 15.4. The molecular weight excluding hydrogens is 340 g/mol. The Morgan fingerprint density at radius 2 is 1.93 bits per heavy atom. The maximum atomic E-state index is 12.8. The molecule has 0 aliphatic carbocycles. The highest BCUT2D eigenvalue weighted by Gasteiger charge is 2.32. The Labute approximate surface area is 157 Å². The summed E-state index contributed by atoms with van der Waals surface area (Å²) in [6.07, 6.45) is 3.71. The number of nitrogens with one attached hydrogen (secondary N) is 1. The first-order valence-electron chi connectivity index (χ1n) is 9.21. The van der Waals surface area contributed by atoms with E-state index in [1.165, 1.54) is 0 Å². The molecule has 0 saturated carbocycles. The van der Waals surface area contributed by atoms with Crippen LogP contribution in [0.4, 0.5) is 0 Å². The fraction of sp³-hybridized carbons (Fsp3) is 0.286. The summed E-state index contributed by atoms with van der Waals surface area (Å²) in [5.74, 6) is 0.588. The van der Waals surface area contributed by atoms with E-state index in [-0.39, 0.29) is 17.9 Å². The van der Waals surface area contributed by atoms with Crippen molar-refractivity contribution in [2.75, 3.05) is 6.54 Å². The highest BCUT2D eigenvalue weighted by molar-refractivity contribution is 5.99. The first kappa shape index (κ1) is 17.3. The second-order valence-electron chi connectivity index (χ2n) is 6.81. The fourth-order valence-corrected chi connectivity index (χ4v) is 3.74. The number of amides is 2. The Kier molecular flexibility index (Phi) is 4.62. The van der Waals surface area contributed by atoms with Crippen molar-refractivity contribution in [3.63, 3.8) is 0 Å². The lowest BCUT2D eigenvalue weighted by atomic mass is 10.2. The maximum Gasteiger partial charge on any atom is 0.272 e. The second kappa shape index (κ2) is 7.23. The molecule has 1 aliphatic rings. The molecule has 1 aromatic carbocycles. The molecule has 1 aliphatic heterocycles. The minimum absolute atomic E-state index is 0.0419. The van der Waals surface area contributed by atoms with Gasteiger partial charge in [0.05, 0.1) is 11.6 Å². The summed E-state index contributed by atoms with van der Waals surface area (Å²) in [4.78, 5) is 31.3. The monoisotopic (exact) mass is 362 g/mol. The lowest BCUT2D eigenvalue weighted by Crippen LogP contribution is -2.29. The van der Waals surface area contributed by atoms with Crippen LogP contribution in [0.3, 0.4) is 0 Å². The maximum absolute atomic E-state index is 12.8. The van der Waals surface area contributed by atoms with E-state index >= 15 is 0 Å². The Morgan fingerprint density at radius 3 is 2.70 bits per heavy atom. The zero-order valence-corrected chi connectivity index (χ0v) is 15.3. The van der Waals surface area contributed by atoms with Gasteiger partial charge in [-0.15, -0.1) is 0 Å². The molecule has 6 heteroatoms. The van der Waals surface area contributed by atoms with E-state index in [1.54, 1.807) is 6.92 Å². The molecule has 2 aromatic heterocycles. The van der Waals surface area contributed by atoms with E-state index in [4.69, 9.17) is 0 Å². The number of hydrogen-bond donors (Lipinski definition) is 1. The molecule has 0 radical (unpaired) electrons. The molecule has 2 amide bonds. The van der Waals surface area contributed by atoms with Crippen LogP contribution in [0.2, 0.25) is 0 Å². The molecular formula is C21H22N4O2. The topological polar surface area (TPSA) is 66.7 Å². The van der Waals surface area contributed by atoms with Crippen LogP contribution >= 0.6 is 0 Å². The van der Waals surface area contributed by atoms with Crippen molar-refractivity contribution in [1.82, 2.24) is 19.6 Å². The number of rotatable bonds is 4. The van der Waals surface area contributed by atoms with Gasteiger partial charge in [-0.1, -0.05) is 36.4 Å². The molecule has 1 atom stereocenters. The minimum Gasteiger partial charge on any atom is -0.347 e. The van der Waals surface area contributed by atoms with Crippen molar-refractivity contribution in [3.05, 3.63) is 71.8 Å². The smallest absolute Gasteiger partial charge is 0.272 e. The molecule has 0 unspecified atom stereocenters. The first-order valence-corrected chi connectivity index (χ1v) is 9.21. The average Bonchev–Trinajstić information content (AvgIpc) is 3.31. The van der Waals surface area contributed by atoms with Crippen LogP contribution < -0.4 is 5.32 Å². The van der Waals surface area contributed by atoms with Crippen LogP contribution in [0.25, 0.3) is 5.52 Å². The zero-order valence-electron chi connectivity index (χ0n) is 15.3. The van der Waals surface area contributed by atoms with Crippen molar-refractivity contribution in [2.24, 2.45) is 0 Å². The quantitative estimate of drug-likeness (QED) is 0.776. The third-order valence-electron chi connectivity index (χ3n) is 5.04. The summed E-state index contributed by atoms with van der Waals surface area (Å²) in [7, 11) is 0. The van der Waals surface area contributed by atoms with Crippen LogP contribution in [-0.2, 0) is 11.3 Å². The van der Waals surface area contributed by atoms with Gasteiger partial charge >= 0.3 is 0 Å². The van der Waals surface area contributed by atoms with Crippen LogP contribution in [-0.4, -0.2) is 32.6 Å². The van der Waals surface area contributed by atoms with Crippen molar-refractivity contribution in [3.8, 4) is 0 Å². The van der Waals surface area contributed by atoms with E-state index in [9.17, 15) is 9.59 Å². The van der Waals surface area contributed by atoms with E-state index in [0.29, 0.717) is 12.2 Å². The summed E-state index contributed by atoms with van der Waals surface area (Å²) in [5, 5.41) is 2.95. The number of carbonyl (C=O) groups is 2. The number of imidazole rings is 1. The minimum atomic E-state index is -0.207. The largest absolute Gasteiger partial charge is 0.347 e. The molecule has 3 aromatic rings. The van der Waals surface area contributed by atoms with Gasteiger partial charge in [-0.3, -0.25) is 9.59 Å². The molecule has 1 N–H and O–H groups in total. The fourth-order valence-electron chi connectivity index (χ4n) is 3.74. The highest BCUT2D eigenvalue weighted by atomic mass is 16.2. The van der Waals surface area contributed by atoms with Crippen molar-refractivity contribution >= 4 is 17.3 Å². The molecule has 0 spiro atoms. The summed E-state index contributed by atoms with van der Waals surface area (Å²) >= 11 is 0. The van der Waals surface area contributed by atoms with Crippen LogP contribution in [0, 0.1) is 0 Å². The summed E-state index contributed by atoms with van der Waals surface area (Å²) in [6.45, 7) is 2.77. The molecule has 1 saturated heterocycles. The van der Waals surface area contributed by atoms with Gasteiger partial charge in [-0.25, -0.2) is 4.98 Å². The first-order chi connectivity index (χ1) is 13.1. The summed E-state index contributed by atoms with van der Waals surface area (Å²) < 4.78 is 1.93.